The molecule has 2 aromatic carbocycles. The fourth-order valence-electron chi connectivity index (χ4n) is 3.90. The Labute approximate surface area is 203 Å². The maximum atomic E-state index is 15.4. The number of carbonyl (C=O) groups is 2. The molecule has 2 heterocycles. The van der Waals surface area contributed by atoms with Gasteiger partial charge in [-0.05, 0) is 36.2 Å². The number of aromatic carboxylic acids is 1. The lowest BCUT2D eigenvalue weighted by Gasteiger charge is -2.22. The number of fused-ring (bicyclic) bond motifs is 1. The molecule has 0 aliphatic carbocycles. The third-order valence-corrected chi connectivity index (χ3v) is 6.43. The predicted octanol–water partition coefficient (Wildman–Crippen LogP) is 4.46. The molecule has 12 heteroatoms. The Hall–Kier alpha value is -4.16. The Kier molecular flexibility index (Phi) is 6.57. The largest absolute Gasteiger partial charge is 0.478 e. The number of halogens is 2. The molecule has 0 spiro atoms. The highest BCUT2D eigenvalue weighted by Gasteiger charge is 2.30. The van der Waals surface area contributed by atoms with Gasteiger partial charge in [-0.3, -0.25) is 9.35 Å². The number of pyridine rings is 1. The Balaban J connectivity index is 1.85. The molecule has 4 rings (SSSR count). The number of hydrogen-bond acceptors (Lipinski definition) is 5. The summed E-state index contributed by atoms with van der Waals surface area (Å²) in [5, 5.41) is 9.73. The van der Waals surface area contributed by atoms with Gasteiger partial charge < -0.3 is 10.1 Å². The van der Waals surface area contributed by atoms with Crippen LogP contribution < -0.4 is 4.31 Å². The minimum absolute atomic E-state index is 0.0116. The van der Waals surface area contributed by atoms with E-state index >= 15 is 4.39 Å². The van der Waals surface area contributed by atoms with Crippen molar-refractivity contribution in [3.8, 4) is 11.1 Å². The second kappa shape index (κ2) is 9.47. The van der Waals surface area contributed by atoms with Crippen LogP contribution in [0.15, 0.2) is 54.9 Å². The van der Waals surface area contributed by atoms with Crippen LogP contribution >= 0.6 is 0 Å². The van der Waals surface area contributed by atoms with Crippen molar-refractivity contribution in [2.45, 2.75) is 13.3 Å². The van der Waals surface area contributed by atoms with E-state index in [0.717, 1.165) is 12.1 Å². The van der Waals surface area contributed by atoms with Gasteiger partial charge in [-0.2, -0.15) is 8.42 Å². The molecule has 0 unspecified atom stereocenters. The lowest BCUT2D eigenvalue weighted by molar-refractivity contribution is 0.0697. The van der Waals surface area contributed by atoms with Crippen molar-refractivity contribution >= 4 is 38.8 Å². The molecule has 36 heavy (non-hydrogen) atoms. The minimum atomic E-state index is -5.03. The van der Waals surface area contributed by atoms with E-state index in [-0.39, 0.29) is 32.9 Å². The summed E-state index contributed by atoms with van der Waals surface area (Å²) in [7, 11) is -5.03. The van der Waals surface area contributed by atoms with E-state index in [4.69, 9.17) is 0 Å². The Morgan fingerprint density at radius 2 is 1.81 bits per heavy atom. The molecular formula is C24H19F2N3O6S. The molecular weight excluding hydrogens is 496 g/mol. The summed E-state index contributed by atoms with van der Waals surface area (Å²) in [6.07, 6.45) is 2.81. The molecule has 0 aliphatic rings. The summed E-state index contributed by atoms with van der Waals surface area (Å²) in [5.41, 5.74) is -0.765. The first-order valence-corrected chi connectivity index (χ1v) is 12.0. The number of benzene rings is 2. The zero-order valence-corrected chi connectivity index (χ0v) is 19.5. The quantitative estimate of drug-likeness (QED) is 0.232. The number of nitrogens with zero attached hydrogens (tertiary/aromatic N) is 2. The van der Waals surface area contributed by atoms with E-state index in [1.165, 1.54) is 24.5 Å². The number of carboxylic acid groups (broad SMARTS) is 1. The van der Waals surface area contributed by atoms with Crippen LogP contribution in [0.4, 0.5) is 14.5 Å². The fraction of sp³-hybridized carbons (Fsp3) is 0.125. The van der Waals surface area contributed by atoms with E-state index in [1.807, 2.05) is 0 Å². The third-order valence-electron chi connectivity index (χ3n) is 5.51. The smallest absolute Gasteiger partial charge is 0.360 e. The summed E-state index contributed by atoms with van der Waals surface area (Å²) in [4.78, 5) is 31.9. The van der Waals surface area contributed by atoms with Gasteiger partial charge in [0.1, 0.15) is 11.3 Å². The Morgan fingerprint density at radius 1 is 1.08 bits per heavy atom. The van der Waals surface area contributed by atoms with Crippen LogP contribution in [0.25, 0.3) is 22.2 Å². The van der Waals surface area contributed by atoms with Crippen LogP contribution in [0, 0.1) is 11.6 Å². The number of ketones is 1. The van der Waals surface area contributed by atoms with Gasteiger partial charge in [0.25, 0.3) is 0 Å². The number of hydrogen-bond donors (Lipinski definition) is 3. The number of anilines is 1. The molecule has 0 saturated heterocycles. The van der Waals surface area contributed by atoms with Gasteiger partial charge in [-0.15, -0.1) is 0 Å². The molecule has 0 fully saturated rings. The van der Waals surface area contributed by atoms with Crippen LogP contribution in [-0.2, 0) is 10.3 Å². The molecule has 0 atom stereocenters. The van der Waals surface area contributed by atoms with Gasteiger partial charge >= 0.3 is 16.3 Å². The van der Waals surface area contributed by atoms with E-state index in [1.54, 1.807) is 25.1 Å². The minimum Gasteiger partial charge on any atom is -0.478 e. The van der Waals surface area contributed by atoms with Crippen LogP contribution in [0.2, 0.25) is 0 Å². The molecule has 2 aromatic heterocycles. The SMILES string of the molecule is CCCN(c1c(F)ccc(C(=O)c2c[nH]c3ncc(-c4ccccc4C(=O)O)cc23)c1F)S(=O)(=O)O. The lowest BCUT2D eigenvalue weighted by atomic mass is 9.98. The molecule has 0 bridgehead atoms. The Morgan fingerprint density at radius 3 is 2.47 bits per heavy atom. The van der Waals surface area contributed by atoms with Gasteiger partial charge in [-0.25, -0.2) is 22.9 Å². The van der Waals surface area contributed by atoms with Crippen molar-refractivity contribution in [2.24, 2.45) is 0 Å². The number of carbonyl (C=O) groups excluding carboxylic acids is 1. The highest BCUT2D eigenvalue weighted by molar-refractivity contribution is 7.87. The zero-order chi connectivity index (χ0) is 26.2. The summed E-state index contributed by atoms with van der Waals surface area (Å²) < 4.78 is 63.1. The summed E-state index contributed by atoms with van der Waals surface area (Å²) >= 11 is 0. The molecule has 0 aliphatic heterocycles. The molecule has 186 valence electrons. The summed E-state index contributed by atoms with van der Waals surface area (Å²) in [5.74, 6) is -4.80. The highest BCUT2D eigenvalue weighted by atomic mass is 32.2. The van der Waals surface area contributed by atoms with Crippen LogP contribution in [-0.4, -0.2) is 46.3 Å². The molecule has 9 nitrogen and oxygen atoms in total. The van der Waals surface area contributed by atoms with Crippen molar-refractivity contribution in [1.82, 2.24) is 9.97 Å². The zero-order valence-electron chi connectivity index (χ0n) is 18.7. The van der Waals surface area contributed by atoms with Crippen molar-refractivity contribution in [1.29, 1.82) is 0 Å². The van der Waals surface area contributed by atoms with Crippen molar-refractivity contribution in [3.63, 3.8) is 0 Å². The molecule has 0 saturated carbocycles. The summed E-state index contributed by atoms with van der Waals surface area (Å²) in [6.45, 7) is 1.12. The molecule has 3 N–H and O–H groups in total. The number of H-pyrrole nitrogens is 1. The first kappa shape index (κ1) is 24.9. The van der Waals surface area contributed by atoms with E-state index in [0.29, 0.717) is 11.1 Å². The monoisotopic (exact) mass is 515 g/mol. The first-order chi connectivity index (χ1) is 17.0. The topological polar surface area (TPSA) is 141 Å². The van der Waals surface area contributed by atoms with Crippen molar-refractivity contribution in [2.75, 3.05) is 10.8 Å². The van der Waals surface area contributed by atoms with Crippen LogP contribution in [0.1, 0.15) is 39.6 Å². The van der Waals surface area contributed by atoms with E-state index < -0.39 is 51.5 Å². The van der Waals surface area contributed by atoms with Gasteiger partial charge in [0.15, 0.2) is 17.4 Å². The average Bonchev–Trinajstić information content (AvgIpc) is 3.26. The van der Waals surface area contributed by atoms with E-state index in [2.05, 4.69) is 9.97 Å². The Bertz CT molecular complexity index is 1620. The van der Waals surface area contributed by atoms with Gasteiger partial charge in [0.05, 0.1) is 11.1 Å². The number of aromatic amines is 1. The highest BCUT2D eigenvalue weighted by Crippen LogP contribution is 2.32. The summed E-state index contributed by atoms with van der Waals surface area (Å²) in [6, 6.07) is 9.32. The number of carboxylic acids is 1. The second-order valence-electron chi connectivity index (χ2n) is 7.81. The van der Waals surface area contributed by atoms with Crippen molar-refractivity contribution in [3.05, 3.63) is 83.2 Å². The van der Waals surface area contributed by atoms with Crippen LogP contribution in [0.3, 0.4) is 0 Å². The second-order valence-corrected chi connectivity index (χ2v) is 9.15. The van der Waals surface area contributed by atoms with Crippen LogP contribution in [0.5, 0.6) is 0 Å². The maximum absolute atomic E-state index is 15.4. The van der Waals surface area contributed by atoms with Crippen molar-refractivity contribution < 1.29 is 36.4 Å². The fourth-order valence-corrected chi connectivity index (χ4v) is 4.71. The molecule has 4 aromatic rings. The number of rotatable bonds is 8. The number of nitrogens with one attached hydrogen (secondary N) is 1. The normalized spacial score (nSPS) is 11.6. The molecule has 0 radical (unpaired) electrons. The number of aromatic nitrogens is 2. The van der Waals surface area contributed by atoms with Gasteiger partial charge in [0.2, 0.25) is 0 Å². The average molecular weight is 515 g/mol. The van der Waals surface area contributed by atoms with E-state index in [9.17, 15) is 32.1 Å². The predicted molar refractivity (Wildman–Crippen MR) is 127 cm³/mol. The lowest BCUT2D eigenvalue weighted by Crippen LogP contribution is -2.33. The van der Waals surface area contributed by atoms with Gasteiger partial charge in [-0.1, -0.05) is 25.1 Å². The first-order valence-electron chi connectivity index (χ1n) is 10.6. The van der Waals surface area contributed by atoms with Gasteiger partial charge in [0, 0.05) is 35.5 Å². The standard InChI is InChI=1S/C24H19F2N3O6S/c1-2-9-29(36(33,34)35)21-19(25)8-7-16(20(21)26)22(30)18-12-28-23-17(18)10-13(11-27-23)14-5-3-4-6-15(14)24(31)32/h3-8,10-12H,2,9H2,1H3,(H,27,28)(H,31,32)(H,33,34,35). The maximum Gasteiger partial charge on any atom is 0.360 e. The third kappa shape index (κ3) is 4.43. The molecule has 0 amide bonds.